The highest BCUT2D eigenvalue weighted by molar-refractivity contribution is 6.06. The summed E-state index contributed by atoms with van der Waals surface area (Å²) >= 11 is 0. The molecule has 0 fully saturated rings. The number of methoxy groups -OCH3 is 1. The SMILES string of the molecule is CON=C1C=C(C)C(C(=O)NC(OC)C(N)=O)=CC1. The van der Waals surface area contributed by atoms with Crippen LogP contribution in [-0.4, -0.2) is 38.0 Å². The number of carbonyl (C=O) groups excluding carboxylic acids is 2. The molecule has 3 N–H and O–H groups in total. The van der Waals surface area contributed by atoms with E-state index in [9.17, 15) is 9.59 Å². The van der Waals surface area contributed by atoms with Crippen molar-refractivity contribution in [3.8, 4) is 0 Å². The number of carbonyl (C=O) groups is 2. The first kappa shape index (κ1) is 14.9. The molecule has 1 atom stereocenters. The standard InChI is InChI=1S/C12H17N3O4/c1-7-6-8(15-19-3)4-5-9(7)11(17)14-12(18-2)10(13)16/h5-6,12H,4H2,1-3H3,(H2,13,16)(H,14,17). The van der Waals surface area contributed by atoms with Crippen molar-refractivity contribution < 1.29 is 19.2 Å². The van der Waals surface area contributed by atoms with Crippen LogP contribution >= 0.6 is 0 Å². The molecule has 0 saturated carbocycles. The average molecular weight is 267 g/mol. The van der Waals surface area contributed by atoms with E-state index >= 15 is 0 Å². The molecule has 0 heterocycles. The van der Waals surface area contributed by atoms with E-state index in [1.54, 1.807) is 19.1 Å². The molecule has 0 radical (unpaired) electrons. The zero-order chi connectivity index (χ0) is 14.4. The van der Waals surface area contributed by atoms with Gasteiger partial charge < -0.3 is 20.6 Å². The molecule has 104 valence electrons. The minimum absolute atomic E-state index is 0.420. The van der Waals surface area contributed by atoms with Gasteiger partial charge in [-0.3, -0.25) is 9.59 Å². The predicted octanol–water partition coefficient (Wildman–Crippen LogP) is -0.161. The second-order valence-electron chi connectivity index (χ2n) is 3.91. The van der Waals surface area contributed by atoms with E-state index in [0.29, 0.717) is 12.0 Å². The number of allylic oxidation sites excluding steroid dienone is 2. The fourth-order valence-electron chi connectivity index (χ4n) is 1.65. The lowest BCUT2D eigenvalue weighted by Crippen LogP contribution is -2.46. The Morgan fingerprint density at radius 3 is 2.63 bits per heavy atom. The molecule has 0 aromatic carbocycles. The van der Waals surface area contributed by atoms with Crippen molar-refractivity contribution in [1.82, 2.24) is 5.32 Å². The van der Waals surface area contributed by atoms with Crippen LogP contribution in [0, 0.1) is 0 Å². The summed E-state index contributed by atoms with van der Waals surface area (Å²) in [5.74, 6) is -1.17. The van der Waals surface area contributed by atoms with Crippen LogP contribution in [0.15, 0.2) is 28.5 Å². The number of hydrogen-bond acceptors (Lipinski definition) is 5. The van der Waals surface area contributed by atoms with E-state index in [0.717, 1.165) is 11.3 Å². The van der Waals surface area contributed by atoms with E-state index in [2.05, 4.69) is 15.3 Å². The molecule has 1 rings (SSSR count). The van der Waals surface area contributed by atoms with Gasteiger partial charge in [0.2, 0.25) is 6.23 Å². The molecule has 0 spiro atoms. The van der Waals surface area contributed by atoms with Gasteiger partial charge in [-0.1, -0.05) is 11.2 Å². The normalized spacial score (nSPS) is 18.4. The number of primary amides is 1. The predicted molar refractivity (Wildman–Crippen MR) is 69.0 cm³/mol. The van der Waals surface area contributed by atoms with Gasteiger partial charge in [0.1, 0.15) is 7.11 Å². The molecule has 0 aliphatic heterocycles. The number of ether oxygens (including phenoxy) is 1. The number of hydrogen-bond donors (Lipinski definition) is 2. The molecule has 1 aliphatic rings. The highest BCUT2D eigenvalue weighted by Gasteiger charge is 2.21. The second-order valence-corrected chi connectivity index (χ2v) is 3.91. The minimum atomic E-state index is -1.14. The zero-order valence-corrected chi connectivity index (χ0v) is 11.1. The van der Waals surface area contributed by atoms with Gasteiger partial charge in [-0.2, -0.15) is 0 Å². The van der Waals surface area contributed by atoms with Gasteiger partial charge in [0.15, 0.2) is 0 Å². The quantitative estimate of drug-likeness (QED) is 0.533. The number of nitrogens with two attached hydrogens (primary N) is 1. The molecule has 7 heteroatoms. The monoisotopic (exact) mass is 267 g/mol. The molecule has 19 heavy (non-hydrogen) atoms. The molecule has 1 aliphatic carbocycles. The van der Waals surface area contributed by atoms with Crippen molar-refractivity contribution >= 4 is 17.5 Å². The highest BCUT2D eigenvalue weighted by Crippen LogP contribution is 2.17. The third-order valence-electron chi connectivity index (χ3n) is 2.53. The maximum atomic E-state index is 12.0. The molecule has 0 bridgehead atoms. The van der Waals surface area contributed by atoms with E-state index in [1.807, 2.05) is 0 Å². The van der Waals surface area contributed by atoms with Crippen molar-refractivity contribution in [3.63, 3.8) is 0 Å². The Balaban J connectivity index is 2.77. The summed E-state index contributed by atoms with van der Waals surface area (Å²) in [6.07, 6.45) is 2.78. The molecule has 0 aromatic heterocycles. The van der Waals surface area contributed by atoms with Crippen molar-refractivity contribution in [2.24, 2.45) is 10.9 Å². The number of oxime groups is 1. The Labute approximate surface area is 111 Å². The van der Waals surface area contributed by atoms with Gasteiger partial charge in [-0.15, -0.1) is 0 Å². The Morgan fingerprint density at radius 1 is 1.47 bits per heavy atom. The third kappa shape index (κ3) is 3.92. The van der Waals surface area contributed by atoms with Crippen LogP contribution in [0.5, 0.6) is 0 Å². The lowest BCUT2D eigenvalue weighted by molar-refractivity contribution is -0.135. The molecule has 2 amide bonds. The van der Waals surface area contributed by atoms with E-state index < -0.39 is 18.0 Å². The van der Waals surface area contributed by atoms with Crippen LogP contribution in [0.1, 0.15) is 13.3 Å². The molecule has 7 nitrogen and oxygen atoms in total. The van der Waals surface area contributed by atoms with Gasteiger partial charge in [0.05, 0.1) is 5.71 Å². The fraction of sp³-hybridized carbons (Fsp3) is 0.417. The van der Waals surface area contributed by atoms with E-state index in [1.165, 1.54) is 14.2 Å². The largest absolute Gasteiger partial charge is 0.399 e. The Hall–Kier alpha value is -2.15. The lowest BCUT2D eigenvalue weighted by atomic mass is 9.97. The summed E-state index contributed by atoms with van der Waals surface area (Å²) in [6, 6.07) is 0. The van der Waals surface area contributed by atoms with Gasteiger partial charge in [0, 0.05) is 19.1 Å². The third-order valence-corrected chi connectivity index (χ3v) is 2.53. The first-order chi connectivity index (χ1) is 8.99. The summed E-state index contributed by atoms with van der Waals surface area (Å²) < 4.78 is 4.77. The summed E-state index contributed by atoms with van der Waals surface area (Å²) in [6.45, 7) is 1.77. The molecule has 1 unspecified atom stereocenters. The summed E-state index contributed by atoms with van der Waals surface area (Å²) in [7, 11) is 2.75. The van der Waals surface area contributed by atoms with E-state index in [-0.39, 0.29) is 0 Å². The first-order valence-electron chi connectivity index (χ1n) is 5.61. The number of rotatable bonds is 5. The zero-order valence-electron chi connectivity index (χ0n) is 11.1. The van der Waals surface area contributed by atoms with Crippen molar-refractivity contribution in [1.29, 1.82) is 0 Å². The van der Waals surface area contributed by atoms with Crippen molar-refractivity contribution in [2.45, 2.75) is 19.6 Å². The second kappa shape index (κ2) is 6.69. The minimum Gasteiger partial charge on any atom is -0.399 e. The first-order valence-corrected chi connectivity index (χ1v) is 5.61. The van der Waals surface area contributed by atoms with Crippen LogP contribution < -0.4 is 11.1 Å². The van der Waals surface area contributed by atoms with Crippen molar-refractivity contribution in [3.05, 3.63) is 23.3 Å². The summed E-state index contributed by atoms with van der Waals surface area (Å²) in [5, 5.41) is 6.20. The van der Waals surface area contributed by atoms with Crippen LogP contribution in [0.2, 0.25) is 0 Å². The Kier molecular flexibility index (Phi) is 5.25. The van der Waals surface area contributed by atoms with Crippen LogP contribution in [0.4, 0.5) is 0 Å². The summed E-state index contributed by atoms with van der Waals surface area (Å²) in [4.78, 5) is 27.6. The van der Waals surface area contributed by atoms with Crippen LogP contribution in [0.3, 0.4) is 0 Å². The molecular formula is C12H17N3O4. The Bertz CT molecular complexity index is 466. The fourth-order valence-corrected chi connectivity index (χ4v) is 1.65. The van der Waals surface area contributed by atoms with E-state index in [4.69, 9.17) is 10.5 Å². The molecule has 0 saturated heterocycles. The highest BCUT2D eigenvalue weighted by atomic mass is 16.6. The van der Waals surface area contributed by atoms with Gasteiger partial charge in [-0.05, 0) is 18.6 Å². The van der Waals surface area contributed by atoms with Crippen LogP contribution in [-0.2, 0) is 19.2 Å². The average Bonchev–Trinajstić information content (AvgIpc) is 2.35. The van der Waals surface area contributed by atoms with Crippen LogP contribution in [0.25, 0.3) is 0 Å². The van der Waals surface area contributed by atoms with Gasteiger partial charge in [-0.25, -0.2) is 0 Å². The number of amides is 2. The Morgan fingerprint density at radius 2 is 2.16 bits per heavy atom. The number of nitrogens with one attached hydrogen (secondary N) is 1. The summed E-state index contributed by atoms with van der Waals surface area (Å²) in [5.41, 5.74) is 6.97. The topological polar surface area (TPSA) is 103 Å². The lowest BCUT2D eigenvalue weighted by Gasteiger charge is -2.17. The smallest absolute Gasteiger partial charge is 0.267 e. The maximum absolute atomic E-state index is 12.0. The molecule has 0 aromatic rings. The molecular weight excluding hydrogens is 250 g/mol. The van der Waals surface area contributed by atoms with Crippen molar-refractivity contribution in [2.75, 3.05) is 14.2 Å². The van der Waals surface area contributed by atoms with Gasteiger partial charge in [0.25, 0.3) is 11.8 Å². The number of nitrogens with zero attached hydrogens (tertiary/aromatic N) is 1. The van der Waals surface area contributed by atoms with Gasteiger partial charge >= 0.3 is 0 Å². The maximum Gasteiger partial charge on any atom is 0.267 e.